The third-order valence-corrected chi connectivity index (χ3v) is 3.36. The molecule has 0 radical (unpaired) electrons. The molecule has 0 spiro atoms. The Morgan fingerprint density at radius 3 is 2.00 bits per heavy atom. The van der Waals surface area contributed by atoms with Gasteiger partial charge in [-0.05, 0) is 19.1 Å². The van der Waals surface area contributed by atoms with E-state index in [0.717, 1.165) is 25.9 Å². The summed E-state index contributed by atoms with van der Waals surface area (Å²) in [5, 5.41) is 0. The summed E-state index contributed by atoms with van der Waals surface area (Å²) in [6.07, 6.45) is 3.78. The molecule has 0 amide bonds. The van der Waals surface area contributed by atoms with Gasteiger partial charge in [-0.2, -0.15) is 0 Å². The molecule has 0 unspecified atom stereocenters. The number of nitrogens with zero attached hydrogens (tertiary/aromatic N) is 1. The Morgan fingerprint density at radius 1 is 1.06 bits per heavy atom. The van der Waals surface area contributed by atoms with E-state index in [9.17, 15) is 9.59 Å². The van der Waals surface area contributed by atoms with Crippen molar-refractivity contribution in [2.75, 3.05) is 33.6 Å². The maximum atomic E-state index is 11.8. The zero-order valence-electron chi connectivity index (χ0n) is 10.3. The molecule has 1 fully saturated rings. The topological polar surface area (TPSA) is 55.8 Å². The van der Waals surface area contributed by atoms with Crippen LogP contribution in [0, 0.1) is 0 Å². The number of carbonyl (C=O) groups excluding carboxylic acids is 2. The number of methoxy groups -OCH3 is 2. The zero-order valence-corrected chi connectivity index (χ0v) is 11.1. The summed E-state index contributed by atoms with van der Waals surface area (Å²) in [5.41, 5.74) is 0.323. The van der Waals surface area contributed by atoms with E-state index >= 15 is 0 Å². The zero-order chi connectivity index (χ0) is 12.8. The lowest BCUT2D eigenvalue weighted by atomic mass is 10.3. The fraction of sp³-hybridized carbons (Fsp3) is 0.636. The first kappa shape index (κ1) is 13.9. The minimum Gasteiger partial charge on any atom is -0.465 e. The first-order chi connectivity index (χ1) is 8.15. The van der Waals surface area contributed by atoms with E-state index in [2.05, 4.69) is 4.74 Å². The highest BCUT2D eigenvalue weighted by Gasteiger charge is 2.28. The quantitative estimate of drug-likeness (QED) is 0.554. The van der Waals surface area contributed by atoms with Gasteiger partial charge in [-0.1, -0.05) is 0 Å². The van der Waals surface area contributed by atoms with Crippen molar-refractivity contribution >= 4 is 23.7 Å². The second-order valence-electron chi connectivity index (χ2n) is 3.56. The number of likely N-dealkylation sites (tertiary alicyclic amines) is 1. The van der Waals surface area contributed by atoms with Crippen LogP contribution in [0.3, 0.4) is 0 Å². The summed E-state index contributed by atoms with van der Waals surface area (Å²) in [7, 11) is 2.62. The molecule has 1 heterocycles. The molecule has 0 bridgehead atoms. The molecule has 0 saturated carbocycles. The Labute approximate surface area is 105 Å². The number of esters is 2. The summed E-state index contributed by atoms with van der Waals surface area (Å²) in [6, 6.07) is 0. The van der Waals surface area contributed by atoms with E-state index < -0.39 is 11.9 Å². The summed E-state index contributed by atoms with van der Waals surface area (Å²) in [5.74, 6) is -0.980. The van der Waals surface area contributed by atoms with Crippen LogP contribution in [0.5, 0.6) is 0 Å². The van der Waals surface area contributed by atoms with Crippen LogP contribution in [-0.4, -0.2) is 50.4 Å². The van der Waals surface area contributed by atoms with Crippen LogP contribution in [0.4, 0.5) is 0 Å². The van der Waals surface area contributed by atoms with Gasteiger partial charge >= 0.3 is 11.9 Å². The van der Waals surface area contributed by atoms with Crippen LogP contribution in [-0.2, 0) is 19.1 Å². The highest BCUT2D eigenvalue weighted by molar-refractivity contribution is 8.03. The second-order valence-corrected chi connectivity index (χ2v) is 4.38. The lowest BCUT2D eigenvalue weighted by Crippen LogP contribution is -2.28. The van der Waals surface area contributed by atoms with Crippen LogP contribution < -0.4 is 0 Å². The fourth-order valence-corrected chi connectivity index (χ4v) is 2.43. The van der Waals surface area contributed by atoms with E-state index in [1.165, 1.54) is 26.0 Å². The third-order valence-electron chi connectivity index (χ3n) is 2.59. The second kappa shape index (κ2) is 6.54. The first-order valence-corrected chi connectivity index (χ1v) is 6.58. The number of hydrogen-bond donors (Lipinski definition) is 0. The monoisotopic (exact) mass is 259 g/mol. The Hall–Kier alpha value is -1.17. The van der Waals surface area contributed by atoms with Crippen molar-refractivity contribution in [1.82, 2.24) is 4.90 Å². The minimum absolute atomic E-state index is 0.307. The molecule has 0 aromatic carbocycles. The predicted molar refractivity (Wildman–Crippen MR) is 65.4 cm³/mol. The van der Waals surface area contributed by atoms with Gasteiger partial charge in [-0.25, -0.2) is 9.59 Å². The van der Waals surface area contributed by atoms with Crippen molar-refractivity contribution in [3.05, 3.63) is 10.6 Å². The normalized spacial score (nSPS) is 16.5. The van der Waals surface area contributed by atoms with Gasteiger partial charge in [0.25, 0.3) is 0 Å². The van der Waals surface area contributed by atoms with Crippen molar-refractivity contribution in [3.8, 4) is 0 Å². The molecule has 0 aliphatic carbocycles. The van der Waals surface area contributed by atoms with Crippen molar-refractivity contribution in [2.24, 2.45) is 0 Å². The lowest BCUT2D eigenvalue weighted by molar-refractivity contribution is -0.140. The number of hydrogen-bond acceptors (Lipinski definition) is 6. The molecule has 0 aromatic heterocycles. The van der Waals surface area contributed by atoms with Crippen molar-refractivity contribution < 1.29 is 19.1 Å². The summed E-state index contributed by atoms with van der Waals surface area (Å²) >= 11 is 1.20. The molecular formula is C11H17NO4S. The molecule has 5 nitrogen and oxygen atoms in total. The maximum Gasteiger partial charge on any atom is 0.355 e. The molecule has 0 aromatic rings. The lowest BCUT2D eigenvalue weighted by Gasteiger charge is -2.21. The molecular weight excluding hydrogens is 242 g/mol. The van der Waals surface area contributed by atoms with Crippen molar-refractivity contribution in [1.29, 1.82) is 0 Å². The summed E-state index contributed by atoms with van der Waals surface area (Å²) in [6.45, 7) is 1.54. The number of thioether (sulfide) groups is 1. The van der Waals surface area contributed by atoms with E-state index in [0.29, 0.717) is 10.6 Å². The molecule has 1 aliphatic heterocycles. The van der Waals surface area contributed by atoms with Crippen LogP contribution in [0.1, 0.15) is 12.8 Å². The van der Waals surface area contributed by atoms with E-state index in [4.69, 9.17) is 4.74 Å². The molecule has 0 atom stereocenters. The molecule has 1 rings (SSSR count). The van der Waals surface area contributed by atoms with E-state index in [-0.39, 0.29) is 0 Å². The number of carbonyl (C=O) groups is 2. The van der Waals surface area contributed by atoms with Gasteiger partial charge < -0.3 is 14.4 Å². The Morgan fingerprint density at radius 2 is 1.59 bits per heavy atom. The largest absolute Gasteiger partial charge is 0.465 e. The molecule has 1 saturated heterocycles. The van der Waals surface area contributed by atoms with Gasteiger partial charge in [0.15, 0.2) is 0 Å². The Bertz CT molecular complexity index is 334. The molecule has 17 heavy (non-hydrogen) atoms. The molecule has 6 heteroatoms. The standard InChI is InChI=1S/C11H17NO4S/c1-15-10(13)8(12-6-4-5-7-12)9(17-3)11(14)16-2/h4-7H2,1-3H3/b9-8-. The van der Waals surface area contributed by atoms with Gasteiger partial charge in [-0.3, -0.25) is 0 Å². The van der Waals surface area contributed by atoms with Crippen LogP contribution in [0.2, 0.25) is 0 Å². The van der Waals surface area contributed by atoms with Crippen LogP contribution in [0.25, 0.3) is 0 Å². The van der Waals surface area contributed by atoms with Crippen LogP contribution in [0.15, 0.2) is 10.6 Å². The SMILES string of the molecule is COC(=O)/C(SC)=C(\C(=O)OC)N1CCCC1. The summed E-state index contributed by atoms with van der Waals surface area (Å²) < 4.78 is 9.43. The predicted octanol–water partition coefficient (Wildman–Crippen LogP) is 1.00. The van der Waals surface area contributed by atoms with E-state index in [1.54, 1.807) is 6.26 Å². The first-order valence-electron chi connectivity index (χ1n) is 5.35. The van der Waals surface area contributed by atoms with Gasteiger partial charge in [0.2, 0.25) is 0 Å². The minimum atomic E-state index is -0.496. The van der Waals surface area contributed by atoms with E-state index in [1.807, 2.05) is 4.90 Å². The number of ether oxygens (including phenoxy) is 2. The van der Waals surface area contributed by atoms with Crippen molar-refractivity contribution in [2.45, 2.75) is 12.8 Å². The maximum absolute atomic E-state index is 11.8. The molecule has 96 valence electrons. The van der Waals surface area contributed by atoms with Crippen molar-refractivity contribution in [3.63, 3.8) is 0 Å². The Balaban J connectivity index is 3.12. The van der Waals surface area contributed by atoms with Gasteiger partial charge in [0, 0.05) is 13.1 Å². The highest BCUT2D eigenvalue weighted by Crippen LogP contribution is 2.25. The van der Waals surface area contributed by atoms with Gasteiger partial charge in [-0.15, -0.1) is 11.8 Å². The smallest absolute Gasteiger partial charge is 0.355 e. The number of rotatable bonds is 4. The molecule has 1 aliphatic rings. The molecule has 0 N–H and O–H groups in total. The van der Waals surface area contributed by atoms with Gasteiger partial charge in [0.05, 0.1) is 14.2 Å². The Kier molecular flexibility index (Phi) is 5.34. The highest BCUT2D eigenvalue weighted by atomic mass is 32.2. The van der Waals surface area contributed by atoms with Crippen LogP contribution >= 0.6 is 11.8 Å². The third kappa shape index (κ3) is 3.15. The average Bonchev–Trinajstić information content (AvgIpc) is 2.87. The average molecular weight is 259 g/mol. The fourth-order valence-electron chi connectivity index (χ4n) is 1.77. The van der Waals surface area contributed by atoms with Gasteiger partial charge in [0.1, 0.15) is 10.6 Å². The summed E-state index contributed by atoms with van der Waals surface area (Å²) in [4.78, 5) is 25.6.